The van der Waals surface area contributed by atoms with Crippen LogP contribution in [0.4, 0.5) is 4.79 Å². The lowest BCUT2D eigenvalue weighted by Crippen LogP contribution is -2.51. The van der Waals surface area contributed by atoms with E-state index in [4.69, 9.17) is 5.73 Å². The van der Waals surface area contributed by atoms with E-state index < -0.39 is 12.1 Å². The van der Waals surface area contributed by atoms with Crippen molar-refractivity contribution >= 4 is 23.3 Å². The van der Waals surface area contributed by atoms with Gasteiger partial charge in [-0.2, -0.15) is 11.3 Å². The highest BCUT2D eigenvalue weighted by Gasteiger charge is 2.31. The van der Waals surface area contributed by atoms with Gasteiger partial charge in [0.15, 0.2) is 0 Å². The van der Waals surface area contributed by atoms with E-state index in [9.17, 15) is 9.59 Å². The van der Waals surface area contributed by atoms with Crippen LogP contribution in [0.15, 0.2) is 47.2 Å². The van der Waals surface area contributed by atoms with Crippen LogP contribution in [0.3, 0.4) is 0 Å². The number of hydrogen-bond donors (Lipinski definition) is 2. The summed E-state index contributed by atoms with van der Waals surface area (Å²) in [5.74, 6) is -0.370. The van der Waals surface area contributed by atoms with E-state index in [0.29, 0.717) is 0 Å². The number of benzene rings is 1. The summed E-state index contributed by atoms with van der Waals surface area (Å²) in [5, 5.41) is 6.49. The fraction of sp³-hybridized carbons (Fsp3) is 0.333. The quantitative estimate of drug-likeness (QED) is 0.854. The van der Waals surface area contributed by atoms with Gasteiger partial charge >= 0.3 is 6.03 Å². The van der Waals surface area contributed by atoms with E-state index >= 15 is 0 Å². The number of primary amides is 1. The van der Waals surface area contributed by atoms with Gasteiger partial charge in [-0.3, -0.25) is 19.9 Å². The third kappa shape index (κ3) is 4.66. The van der Waals surface area contributed by atoms with Gasteiger partial charge in [0, 0.05) is 32.7 Å². The number of nitrogens with one attached hydrogen (secondary N) is 1. The number of carbonyl (C=O) groups is 2. The van der Waals surface area contributed by atoms with Crippen molar-refractivity contribution < 1.29 is 9.59 Å². The van der Waals surface area contributed by atoms with Crippen molar-refractivity contribution in [2.24, 2.45) is 5.73 Å². The fourth-order valence-corrected chi connectivity index (χ4v) is 3.83. The van der Waals surface area contributed by atoms with E-state index in [1.807, 2.05) is 30.3 Å². The highest BCUT2D eigenvalue weighted by molar-refractivity contribution is 7.07. The second-order valence-corrected chi connectivity index (χ2v) is 6.89. The lowest BCUT2D eigenvalue weighted by molar-refractivity contribution is -0.126. The Bertz CT molecular complexity index is 697. The molecule has 1 fully saturated rings. The van der Waals surface area contributed by atoms with E-state index in [-0.39, 0.29) is 5.91 Å². The molecular weight excluding hydrogens is 336 g/mol. The van der Waals surface area contributed by atoms with Crippen molar-refractivity contribution in [2.45, 2.75) is 12.6 Å². The molecule has 7 heteroatoms. The van der Waals surface area contributed by atoms with Crippen LogP contribution in [0.1, 0.15) is 17.2 Å². The molecule has 1 atom stereocenters. The second-order valence-electron chi connectivity index (χ2n) is 6.11. The summed E-state index contributed by atoms with van der Waals surface area (Å²) in [7, 11) is 0. The van der Waals surface area contributed by atoms with Crippen molar-refractivity contribution in [3.63, 3.8) is 0 Å². The third-order valence-corrected chi connectivity index (χ3v) is 5.10. The number of nitrogens with two attached hydrogens (primary N) is 1. The predicted octanol–water partition coefficient (Wildman–Crippen LogP) is 1.80. The van der Waals surface area contributed by atoms with Gasteiger partial charge in [0.2, 0.25) is 5.91 Å². The predicted molar refractivity (Wildman–Crippen MR) is 98.1 cm³/mol. The molecular formula is C18H22N4O2S. The smallest absolute Gasteiger partial charge is 0.318 e. The third-order valence-electron chi connectivity index (χ3n) is 4.37. The highest BCUT2D eigenvalue weighted by atomic mass is 32.1. The van der Waals surface area contributed by atoms with Crippen molar-refractivity contribution in [1.29, 1.82) is 0 Å². The first-order chi connectivity index (χ1) is 12.1. The van der Waals surface area contributed by atoms with Crippen LogP contribution in [0.2, 0.25) is 0 Å². The summed E-state index contributed by atoms with van der Waals surface area (Å²) in [5.41, 5.74) is 7.33. The molecule has 0 bridgehead atoms. The van der Waals surface area contributed by atoms with Gasteiger partial charge in [0.05, 0.1) is 0 Å². The van der Waals surface area contributed by atoms with Crippen LogP contribution in [0.5, 0.6) is 0 Å². The molecule has 1 saturated heterocycles. The molecule has 0 saturated carbocycles. The number of hydrogen-bond acceptors (Lipinski definition) is 5. The molecule has 6 nitrogen and oxygen atoms in total. The number of urea groups is 1. The molecule has 0 radical (unpaired) electrons. The molecule has 3 amide bonds. The van der Waals surface area contributed by atoms with Crippen LogP contribution in [0.25, 0.3) is 0 Å². The topological polar surface area (TPSA) is 78.7 Å². The van der Waals surface area contributed by atoms with Crippen molar-refractivity contribution in [2.75, 3.05) is 26.2 Å². The van der Waals surface area contributed by atoms with Crippen molar-refractivity contribution in [1.82, 2.24) is 15.1 Å². The Morgan fingerprint density at radius 3 is 2.44 bits per heavy atom. The molecule has 0 unspecified atom stereocenters. The van der Waals surface area contributed by atoms with Gasteiger partial charge in [-0.15, -0.1) is 0 Å². The lowest BCUT2D eigenvalue weighted by Gasteiger charge is -2.38. The summed E-state index contributed by atoms with van der Waals surface area (Å²) >= 11 is 1.71. The van der Waals surface area contributed by atoms with Gasteiger partial charge < -0.3 is 5.73 Å². The summed E-state index contributed by atoms with van der Waals surface area (Å²) in [6, 6.07) is 10.3. The van der Waals surface area contributed by atoms with Gasteiger partial charge in [-0.1, -0.05) is 30.3 Å². The fourth-order valence-electron chi connectivity index (χ4n) is 3.17. The van der Waals surface area contributed by atoms with Gasteiger partial charge in [-0.25, -0.2) is 4.79 Å². The van der Waals surface area contributed by atoms with E-state index in [1.54, 1.807) is 11.3 Å². The Morgan fingerprint density at radius 2 is 1.84 bits per heavy atom. The Morgan fingerprint density at radius 1 is 1.12 bits per heavy atom. The number of rotatable bonds is 5. The molecule has 2 aromatic rings. The molecule has 2 heterocycles. The average Bonchev–Trinajstić information content (AvgIpc) is 3.10. The van der Waals surface area contributed by atoms with Crippen molar-refractivity contribution in [3.05, 3.63) is 58.3 Å². The first-order valence-corrected chi connectivity index (χ1v) is 9.20. The number of nitrogens with zero attached hydrogens (tertiary/aromatic N) is 2. The minimum Gasteiger partial charge on any atom is -0.351 e. The molecule has 25 heavy (non-hydrogen) atoms. The zero-order chi connectivity index (χ0) is 17.6. The van der Waals surface area contributed by atoms with Crippen LogP contribution < -0.4 is 11.1 Å². The summed E-state index contributed by atoms with van der Waals surface area (Å²) in [4.78, 5) is 28.1. The van der Waals surface area contributed by atoms with Crippen LogP contribution >= 0.6 is 11.3 Å². The van der Waals surface area contributed by atoms with E-state index in [1.165, 1.54) is 5.56 Å². The zero-order valence-electron chi connectivity index (χ0n) is 13.9. The maximum atomic E-state index is 12.5. The number of imide groups is 1. The molecule has 132 valence electrons. The van der Waals surface area contributed by atoms with E-state index in [0.717, 1.165) is 38.3 Å². The summed E-state index contributed by atoms with van der Waals surface area (Å²) < 4.78 is 0. The van der Waals surface area contributed by atoms with Gasteiger partial charge in [-0.05, 0) is 28.0 Å². The maximum absolute atomic E-state index is 12.5. The Kier molecular flexibility index (Phi) is 5.80. The van der Waals surface area contributed by atoms with E-state index in [2.05, 4.69) is 31.9 Å². The number of piperazine rings is 1. The minimum atomic E-state index is -0.818. The first kappa shape index (κ1) is 17.6. The molecule has 0 aliphatic carbocycles. The molecule has 1 aromatic heterocycles. The van der Waals surface area contributed by atoms with Gasteiger partial charge in [0.25, 0.3) is 0 Å². The molecule has 3 N–H and O–H groups in total. The van der Waals surface area contributed by atoms with Crippen LogP contribution in [-0.2, 0) is 11.3 Å². The molecule has 1 aromatic carbocycles. The number of amides is 3. The van der Waals surface area contributed by atoms with Crippen LogP contribution in [-0.4, -0.2) is 47.9 Å². The minimum absolute atomic E-state index is 0.370. The molecule has 1 aliphatic heterocycles. The maximum Gasteiger partial charge on any atom is 0.318 e. The van der Waals surface area contributed by atoms with Gasteiger partial charge in [0.1, 0.15) is 6.04 Å². The first-order valence-electron chi connectivity index (χ1n) is 8.26. The number of carbonyl (C=O) groups excluding carboxylic acids is 2. The average molecular weight is 358 g/mol. The molecule has 3 rings (SSSR count). The monoisotopic (exact) mass is 358 g/mol. The Labute approximate surface area is 151 Å². The van der Waals surface area contributed by atoms with Crippen molar-refractivity contribution in [3.8, 4) is 0 Å². The summed E-state index contributed by atoms with van der Waals surface area (Å²) in [6.45, 7) is 4.21. The number of thiophene rings is 1. The molecule has 1 aliphatic rings. The largest absolute Gasteiger partial charge is 0.351 e. The SMILES string of the molecule is NC(=O)NC(=O)[C@@H](c1ccccc1)N1CCN(Cc2ccsc2)CC1. The molecule has 0 spiro atoms. The standard InChI is InChI=1S/C18H22N4O2S/c19-18(24)20-17(23)16(15-4-2-1-3-5-15)22-9-7-21(8-10-22)12-14-6-11-25-13-14/h1-6,11,13,16H,7-10,12H2,(H3,19,20,23,24)/t16-/m1/s1. The Balaban J connectivity index is 1.67. The van der Waals surface area contributed by atoms with Crippen LogP contribution in [0, 0.1) is 0 Å². The second kappa shape index (κ2) is 8.24. The lowest BCUT2D eigenvalue weighted by atomic mass is 10.0. The highest BCUT2D eigenvalue weighted by Crippen LogP contribution is 2.23. The summed E-state index contributed by atoms with van der Waals surface area (Å²) in [6.07, 6.45) is 0. The normalized spacial score (nSPS) is 17.1. The Hall–Kier alpha value is -2.22. The zero-order valence-corrected chi connectivity index (χ0v) is 14.7.